The highest BCUT2D eigenvalue weighted by Crippen LogP contribution is 2.32. The summed E-state index contributed by atoms with van der Waals surface area (Å²) < 4.78 is 21.4. The van der Waals surface area contributed by atoms with Gasteiger partial charge >= 0.3 is 0 Å². The SMILES string of the molecule is COCCOCCCOc1c(CBr)cccc1OC. The number of hydrogen-bond acceptors (Lipinski definition) is 4. The fraction of sp³-hybridized carbons (Fsp3) is 0.571. The Labute approximate surface area is 123 Å². The second-order valence-corrected chi connectivity index (χ2v) is 4.45. The van der Waals surface area contributed by atoms with E-state index in [0.29, 0.717) is 26.4 Å². The molecule has 19 heavy (non-hydrogen) atoms. The van der Waals surface area contributed by atoms with Crippen LogP contribution in [-0.4, -0.2) is 40.6 Å². The molecule has 0 aliphatic heterocycles. The third-order valence-corrected chi connectivity index (χ3v) is 3.14. The lowest BCUT2D eigenvalue weighted by molar-refractivity contribution is 0.0642. The molecule has 1 aromatic rings. The molecule has 0 radical (unpaired) electrons. The molecule has 0 aliphatic rings. The number of methoxy groups -OCH3 is 2. The van der Waals surface area contributed by atoms with Gasteiger partial charge in [-0.2, -0.15) is 0 Å². The summed E-state index contributed by atoms with van der Waals surface area (Å²) in [6.07, 6.45) is 0.837. The van der Waals surface area contributed by atoms with Crippen molar-refractivity contribution in [1.82, 2.24) is 0 Å². The van der Waals surface area contributed by atoms with Crippen molar-refractivity contribution in [3.63, 3.8) is 0 Å². The van der Waals surface area contributed by atoms with E-state index in [2.05, 4.69) is 15.9 Å². The predicted octanol–water partition coefficient (Wildman–Crippen LogP) is 3.02. The molecule has 0 heterocycles. The molecule has 0 bridgehead atoms. The van der Waals surface area contributed by atoms with E-state index in [9.17, 15) is 0 Å². The standard InChI is InChI=1S/C14H21BrO4/c1-16-9-10-18-7-4-8-19-14-12(11-15)5-3-6-13(14)17-2/h3,5-6H,4,7-11H2,1-2H3. The van der Waals surface area contributed by atoms with Gasteiger partial charge in [-0.25, -0.2) is 0 Å². The van der Waals surface area contributed by atoms with E-state index in [0.717, 1.165) is 28.8 Å². The summed E-state index contributed by atoms with van der Waals surface area (Å²) in [7, 11) is 3.31. The van der Waals surface area contributed by atoms with Crippen LogP contribution in [0.25, 0.3) is 0 Å². The van der Waals surface area contributed by atoms with E-state index in [1.165, 1.54) is 0 Å². The summed E-state index contributed by atoms with van der Waals surface area (Å²) >= 11 is 3.45. The van der Waals surface area contributed by atoms with Crippen molar-refractivity contribution in [3.05, 3.63) is 23.8 Å². The summed E-state index contributed by atoms with van der Waals surface area (Å²) in [6, 6.07) is 5.87. The summed E-state index contributed by atoms with van der Waals surface area (Å²) in [5.74, 6) is 1.57. The van der Waals surface area contributed by atoms with Crippen molar-refractivity contribution < 1.29 is 18.9 Å². The molecule has 0 atom stereocenters. The van der Waals surface area contributed by atoms with Gasteiger partial charge in [-0.05, 0) is 6.07 Å². The lowest BCUT2D eigenvalue weighted by Crippen LogP contribution is -2.08. The molecule has 0 unspecified atom stereocenters. The molecular weight excluding hydrogens is 312 g/mol. The largest absolute Gasteiger partial charge is 0.493 e. The Bertz CT molecular complexity index is 335. The lowest BCUT2D eigenvalue weighted by Gasteiger charge is -2.14. The van der Waals surface area contributed by atoms with Crippen molar-refractivity contribution in [3.8, 4) is 11.5 Å². The molecule has 0 amide bonds. The first-order chi connectivity index (χ1) is 9.33. The van der Waals surface area contributed by atoms with E-state index in [1.54, 1.807) is 14.2 Å². The third-order valence-electron chi connectivity index (χ3n) is 2.54. The quantitative estimate of drug-likeness (QED) is 0.487. The Hall–Kier alpha value is -0.780. The summed E-state index contributed by atoms with van der Waals surface area (Å²) in [5, 5.41) is 0.740. The zero-order chi connectivity index (χ0) is 13.9. The predicted molar refractivity (Wildman–Crippen MR) is 78.4 cm³/mol. The van der Waals surface area contributed by atoms with Crippen LogP contribution in [0.2, 0.25) is 0 Å². The Morgan fingerprint density at radius 2 is 1.89 bits per heavy atom. The molecule has 1 rings (SSSR count). The summed E-state index contributed by atoms with van der Waals surface area (Å²) in [5.41, 5.74) is 1.08. The Morgan fingerprint density at radius 3 is 2.58 bits per heavy atom. The van der Waals surface area contributed by atoms with E-state index < -0.39 is 0 Å². The topological polar surface area (TPSA) is 36.9 Å². The molecule has 108 valence electrons. The normalized spacial score (nSPS) is 10.5. The van der Waals surface area contributed by atoms with Crippen molar-refractivity contribution >= 4 is 15.9 Å². The van der Waals surface area contributed by atoms with Gasteiger partial charge in [0.2, 0.25) is 0 Å². The van der Waals surface area contributed by atoms with E-state index >= 15 is 0 Å². The van der Waals surface area contributed by atoms with Crippen LogP contribution in [0.15, 0.2) is 18.2 Å². The van der Waals surface area contributed by atoms with Gasteiger partial charge in [0.1, 0.15) is 0 Å². The Morgan fingerprint density at radius 1 is 1.05 bits per heavy atom. The number of ether oxygens (including phenoxy) is 4. The number of rotatable bonds is 10. The molecule has 0 aromatic heterocycles. The smallest absolute Gasteiger partial charge is 0.165 e. The zero-order valence-electron chi connectivity index (χ0n) is 11.5. The molecule has 0 aliphatic carbocycles. The van der Waals surface area contributed by atoms with Crippen LogP contribution in [-0.2, 0) is 14.8 Å². The van der Waals surface area contributed by atoms with Crippen LogP contribution < -0.4 is 9.47 Å². The minimum Gasteiger partial charge on any atom is -0.493 e. The molecule has 0 spiro atoms. The van der Waals surface area contributed by atoms with Crippen molar-refractivity contribution in [2.75, 3.05) is 40.6 Å². The molecule has 0 fully saturated rings. The zero-order valence-corrected chi connectivity index (χ0v) is 13.1. The van der Waals surface area contributed by atoms with E-state index in [1.807, 2.05) is 18.2 Å². The van der Waals surface area contributed by atoms with Crippen molar-refractivity contribution in [2.24, 2.45) is 0 Å². The van der Waals surface area contributed by atoms with Crippen molar-refractivity contribution in [2.45, 2.75) is 11.8 Å². The fourth-order valence-electron chi connectivity index (χ4n) is 1.57. The Balaban J connectivity index is 2.35. The van der Waals surface area contributed by atoms with Crippen LogP contribution in [0, 0.1) is 0 Å². The maximum atomic E-state index is 5.79. The van der Waals surface area contributed by atoms with Crippen LogP contribution in [0.1, 0.15) is 12.0 Å². The van der Waals surface area contributed by atoms with Crippen molar-refractivity contribution in [1.29, 1.82) is 0 Å². The second kappa shape index (κ2) is 10.1. The first kappa shape index (κ1) is 16.3. The first-order valence-corrected chi connectivity index (χ1v) is 7.37. The van der Waals surface area contributed by atoms with Crippen LogP contribution in [0.4, 0.5) is 0 Å². The molecule has 0 saturated heterocycles. The monoisotopic (exact) mass is 332 g/mol. The molecular formula is C14H21BrO4. The van der Waals surface area contributed by atoms with Gasteiger partial charge in [-0.1, -0.05) is 28.1 Å². The number of para-hydroxylation sites is 1. The lowest BCUT2D eigenvalue weighted by atomic mass is 10.2. The van der Waals surface area contributed by atoms with Gasteiger partial charge in [-0.15, -0.1) is 0 Å². The molecule has 0 N–H and O–H groups in total. The maximum Gasteiger partial charge on any atom is 0.165 e. The second-order valence-electron chi connectivity index (χ2n) is 3.89. The fourth-order valence-corrected chi connectivity index (χ4v) is 2.01. The van der Waals surface area contributed by atoms with E-state index in [-0.39, 0.29) is 0 Å². The van der Waals surface area contributed by atoms with Gasteiger partial charge in [0.15, 0.2) is 11.5 Å². The van der Waals surface area contributed by atoms with E-state index in [4.69, 9.17) is 18.9 Å². The average molecular weight is 333 g/mol. The highest BCUT2D eigenvalue weighted by Gasteiger charge is 2.09. The third kappa shape index (κ3) is 5.80. The van der Waals surface area contributed by atoms with Crippen LogP contribution in [0.3, 0.4) is 0 Å². The van der Waals surface area contributed by atoms with Gasteiger partial charge in [0.05, 0.1) is 26.9 Å². The molecule has 5 heteroatoms. The number of hydrogen-bond donors (Lipinski definition) is 0. The van der Waals surface area contributed by atoms with Gasteiger partial charge in [0.25, 0.3) is 0 Å². The molecule has 0 saturated carbocycles. The van der Waals surface area contributed by atoms with Gasteiger partial charge < -0.3 is 18.9 Å². The summed E-state index contributed by atoms with van der Waals surface area (Å²) in [4.78, 5) is 0. The van der Waals surface area contributed by atoms with Crippen LogP contribution in [0.5, 0.6) is 11.5 Å². The van der Waals surface area contributed by atoms with Gasteiger partial charge in [0, 0.05) is 31.0 Å². The number of benzene rings is 1. The number of alkyl halides is 1. The highest BCUT2D eigenvalue weighted by molar-refractivity contribution is 9.08. The first-order valence-electron chi connectivity index (χ1n) is 6.24. The average Bonchev–Trinajstić information content (AvgIpc) is 2.46. The minimum absolute atomic E-state index is 0.605. The Kier molecular flexibility index (Phi) is 8.62. The summed E-state index contributed by atoms with van der Waals surface area (Å²) in [6.45, 7) is 2.52. The maximum absolute atomic E-state index is 5.79. The van der Waals surface area contributed by atoms with Crippen LogP contribution >= 0.6 is 15.9 Å². The highest BCUT2D eigenvalue weighted by atomic mass is 79.9. The number of halogens is 1. The van der Waals surface area contributed by atoms with Gasteiger partial charge in [-0.3, -0.25) is 0 Å². The molecule has 1 aromatic carbocycles. The molecule has 4 nitrogen and oxygen atoms in total. The minimum atomic E-state index is 0.605.